The number of thiophene rings is 1. The number of carbonyl (C=O) groups excluding carboxylic acids is 1. The molecule has 1 aromatic carbocycles. The third kappa shape index (κ3) is 5.05. The van der Waals surface area contributed by atoms with Gasteiger partial charge in [0.25, 0.3) is 0 Å². The molecule has 0 radical (unpaired) electrons. The maximum atomic E-state index is 12.8. The first-order valence-electron chi connectivity index (χ1n) is 11.0. The highest BCUT2D eigenvalue weighted by Gasteiger charge is 2.26. The molecular formula is C24H24Cl2N6OS. The molecule has 1 fully saturated rings. The zero-order valence-electron chi connectivity index (χ0n) is 18.4. The van der Waals surface area contributed by atoms with Crippen molar-refractivity contribution in [2.75, 3.05) is 31.5 Å². The summed E-state index contributed by atoms with van der Waals surface area (Å²) in [4.78, 5) is 27.8. The van der Waals surface area contributed by atoms with Crippen molar-refractivity contribution in [3.8, 4) is 0 Å². The van der Waals surface area contributed by atoms with Crippen LogP contribution in [0, 0.1) is 0 Å². The van der Waals surface area contributed by atoms with Crippen LogP contribution < -0.4 is 10.6 Å². The quantitative estimate of drug-likeness (QED) is 0.337. The predicted molar refractivity (Wildman–Crippen MR) is 139 cm³/mol. The molecular weight excluding hydrogens is 491 g/mol. The number of anilines is 2. The first kappa shape index (κ1) is 23.1. The summed E-state index contributed by atoms with van der Waals surface area (Å²) in [6.07, 6.45) is 7.72. The number of rotatable bonds is 8. The SMILES string of the molecule is C=CN(C/C=C/C(=O)N1CCc2c(sc3ncnc(Nc4ccc(Cl)c(Cl)c4)c23)C1)CC1CN1. The summed E-state index contributed by atoms with van der Waals surface area (Å²) in [7, 11) is 0. The molecule has 0 saturated carbocycles. The van der Waals surface area contributed by atoms with Crippen molar-refractivity contribution < 1.29 is 4.79 Å². The molecule has 0 aliphatic carbocycles. The molecule has 176 valence electrons. The van der Waals surface area contributed by atoms with Crippen LogP contribution in [0.1, 0.15) is 10.4 Å². The highest BCUT2D eigenvalue weighted by molar-refractivity contribution is 7.19. The average Bonchev–Trinajstić information content (AvgIpc) is 3.57. The normalized spacial score (nSPS) is 17.1. The van der Waals surface area contributed by atoms with E-state index >= 15 is 0 Å². The Morgan fingerprint density at radius 2 is 2.21 bits per heavy atom. The lowest BCUT2D eigenvalue weighted by molar-refractivity contribution is -0.126. The van der Waals surface area contributed by atoms with Gasteiger partial charge < -0.3 is 20.4 Å². The molecule has 2 aromatic heterocycles. The molecule has 2 aliphatic rings. The molecule has 4 heterocycles. The van der Waals surface area contributed by atoms with Crippen molar-refractivity contribution in [1.82, 2.24) is 25.1 Å². The minimum atomic E-state index is 0.0249. The van der Waals surface area contributed by atoms with Crippen LogP contribution in [0.2, 0.25) is 10.0 Å². The molecule has 10 heteroatoms. The van der Waals surface area contributed by atoms with Crippen LogP contribution in [0.3, 0.4) is 0 Å². The number of nitrogens with one attached hydrogen (secondary N) is 2. The van der Waals surface area contributed by atoms with Gasteiger partial charge in [0.1, 0.15) is 17.0 Å². The number of fused-ring (bicyclic) bond motifs is 3. The van der Waals surface area contributed by atoms with Gasteiger partial charge in [0.05, 0.1) is 22.0 Å². The minimum Gasteiger partial charge on any atom is -0.373 e. The fraction of sp³-hybridized carbons (Fsp3) is 0.292. The lowest BCUT2D eigenvalue weighted by atomic mass is 10.0. The van der Waals surface area contributed by atoms with Crippen LogP contribution >= 0.6 is 34.5 Å². The Hall–Kier alpha value is -2.65. The Balaban J connectivity index is 1.30. The Morgan fingerprint density at radius 1 is 1.35 bits per heavy atom. The number of hydrogen-bond acceptors (Lipinski definition) is 7. The molecule has 1 unspecified atom stereocenters. The Morgan fingerprint density at radius 3 is 2.97 bits per heavy atom. The summed E-state index contributed by atoms with van der Waals surface area (Å²) in [5.41, 5.74) is 2.00. The van der Waals surface area contributed by atoms with Gasteiger partial charge in [-0.05, 0) is 36.4 Å². The lowest BCUT2D eigenvalue weighted by Crippen LogP contribution is -2.34. The van der Waals surface area contributed by atoms with Gasteiger partial charge in [0, 0.05) is 48.9 Å². The maximum absolute atomic E-state index is 12.8. The number of halogens is 2. The zero-order valence-corrected chi connectivity index (χ0v) is 20.8. The molecule has 1 saturated heterocycles. The lowest BCUT2D eigenvalue weighted by Gasteiger charge is -2.26. The van der Waals surface area contributed by atoms with Crippen LogP contribution in [-0.2, 0) is 17.8 Å². The molecule has 0 spiro atoms. The number of aromatic nitrogens is 2. The first-order valence-corrected chi connectivity index (χ1v) is 12.6. The first-order chi connectivity index (χ1) is 16.5. The van der Waals surface area contributed by atoms with Crippen LogP contribution in [0.5, 0.6) is 0 Å². The molecule has 34 heavy (non-hydrogen) atoms. The van der Waals surface area contributed by atoms with Gasteiger partial charge in [-0.25, -0.2) is 9.97 Å². The second-order valence-electron chi connectivity index (χ2n) is 8.31. The van der Waals surface area contributed by atoms with E-state index in [2.05, 4.69) is 32.1 Å². The van der Waals surface area contributed by atoms with E-state index in [0.717, 1.165) is 46.1 Å². The zero-order chi connectivity index (χ0) is 23.7. The van der Waals surface area contributed by atoms with Crippen molar-refractivity contribution in [1.29, 1.82) is 0 Å². The Kier molecular flexibility index (Phi) is 6.74. The van der Waals surface area contributed by atoms with Gasteiger partial charge in [-0.1, -0.05) is 35.9 Å². The van der Waals surface area contributed by atoms with Gasteiger partial charge in [-0.3, -0.25) is 4.79 Å². The Bertz CT molecular complexity index is 1270. The molecule has 2 N–H and O–H groups in total. The number of benzene rings is 1. The van der Waals surface area contributed by atoms with E-state index < -0.39 is 0 Å². The number of hydrogen-bond donors (Lipinski definition) is 2. The molecule has 1 amide bonds. The van der Waals surface area contributed by atoms with E-state index in [-0.39, 0.29) is 5.91 Å². The fourth-order valence-corrected chi connectivity index (χ4v) is 5.54. The van der Waals surface area contributed by atoms with Gasteiger partial charge in [0.2, 0.25) is 5.91 Å². The van der Waals surface area contributed by atoms with E-state index in [1.165, 1.54) is 5.56 Å². The third-order valence-corrected chi connectivity index (χ3v) is 7.80. The van der Waals surface area contributed by atoms with Gasteiger partial charge in [-0.15, -0.1) is 11.3 Å². The molecule has 7 nitrogen and oxygen atoms in total. The number of carbonyl (C=O) groups is 1. The molecule has 0 bridgehead atoms. The molecule has 5 rings (SSSR count). The number of amides is 1. The van der Waals surface area contributed by atoms with Crippen LogP contribution in [-0.4, -0.2) is 57.9 Å². The van der Waals surface area contributed by atoms with Crippen LogP contribution in [0.4, 0.5) is 11.5 Å². The van der Waals surface area contributed by atoms with Crippen molar-refractivity contribution in [3.05, 3.63) is 69.9 Å². The summed E-state index contributed by atoms with van der Waals surface area (Å²) >= 11 is 13.8. The van der Waals surface area contributed by atoms with E-state index in [4.69, 9.17) is 23.2 Å². The summed E-state index contributed by atoms with van der Waals surface area (Å²) < 4.78 is 0. The van der Waals surface area contributed by atoms with E-state index in [0.29, 0.717) is 35.7 Å². The van der Waals surface area contributed by atoms with Crippen molar-refractivity contribution in [2.24, 2.45) is 0 Å². The minimum absolute atomic E-state index is 0.0249. The highest BCUT2D eigenvalue weighted by atomic mass is 35.5. The predicted octanol–water partition coefficient (Wildman–Crippen LogP) is 4.60. The van der Waals surface area contributed by atoms with Gasteiger partial charge in [-0.2, -0.15) is 0 Å². The molecule has 1 atom stereocenters. The van der Waals surface area contributed by atoms with Crippen molar-refractivity contribution in [2.45, 2.75) is 19.0 Å². The fourth-order valence-electron chi connectivity index (χ4n) is 4.03. The van der Waals surface area contributed by atoms with Gasteiger partial charge >= 0.3 is 0 Å². The van der Waals surface area contributed by atoms with Crippen molar-refractivity contribution >= 4 is 62.2 Å². The largest absolute Gasteiger partial charge is 0.373 e. The molecule has 2 aliphatic heterocycles. The smallest absolute Gasteiger partial charge is 0.246 e. The van der Waals surface area contributed by atoms with E-state index in [1.54, 1.807) is 35.9 Å². The standard InChI is InChI=1S/C24H24Cl2N6OS/c1-2-31(12-16-11-27-16)8-3-4-21(33)32-9-7-17-20(13-32)34-24-22(17)23(28-14-29-24)30-15-5-6-18(25)19(26)10-15/h2-6,10,14,16,27H,1,7-9,11-13H2,(H,28,29,30)/b4-3+. The second kappa shape index (κ2) is 9.92. The average molecular weight is 515 g/mol. The third-order valence-electron chi connectivity index (χ3n) is 5.94. The molecule has 3 aromatic rings. The van der Waals surface area contributed by atoms with E-state index in [9.17, 15) is 4.79 Å². The second-order valence-corrected chi connectivity index (χ2v) is 10.2. The van der Waals surface area contributed by atoms with E-state index in [1.807, 2.05) is 23.2 Å². The summed E-state index contributed by atoms with van der Waals surface area (Å²) in [5, 5.41) is 8.62. The summed E-state index contributed by atoms with van der Waals surface area (Å²) in [6, 6.07) is 5.93. The van der Waals surface area contributed by atoms with Crippen molar-refractivity contribution in [3.63, 3.8) is 0 Å². The van der Waals surface area contributed by atoms with Crippen LogP contribution in [0.15, 0.2) is 49.5 Å². The Labute approximate surface area is 212 Å². The number of nitrogens with zero attached hydrogens (tertiary/aromatic N) is 4. The summed E-state index contributed by atoms with van der Waals surface area (Å²) in [5.74, 6) is 0.757. The highest BCUT2D eigenvalue weighted by Crippen LogP contribution is 2.38. The van der Waals surface area contributed by atoms with Crippen LogP contribution in [0.25, 0.3) is 10.2 Å². The maximum Gasteiger partial charge on any atom is 0.246 e. The topological polar surface area (TPSA) is 83.3 Å². The summed E-state index contributed by atoms with van der Waals surface area (Å²) in [6.45, 7) is 7.72. The van der Waals surface area contributed by atoms with Gasteiger partial charge in [0.15, 0.2) is 0 Å². The monoisotopic (exact) mass is 514 g/mol.